The van der Waals surface area contributed by atoms with Gasteiger partial charge in [0.15, 0.2) is 0 Å². The fourth-order valence-electron chi connectivity index (χ4n) is 0.192. The van der Waals surface area contributed by atoms with Crippen molar-refractivity contribution < 1.29 is 19.7 Å². The van der Waals surface area contributed by atoms with Crippen LogP contribution in [0.3, 0.4) is 0 Å². The molecule has 2 saturated heterocycles. The monoisotopic (exact) mass is 192 g/mol. The standard InChI is InChI=1S/C3H8O2.2C3H6O/c1-3(5)2-4;2*1-3-2-4-3/h3-5H,2H2,1H3;2*3H,2H2,1H3/t2*3-;/m01./s1. The zero-order chi connectivity index (χ0) is 10.3. The smallest absolute Gasteiger partial charge is 0.0781 e. The minimum atomic E-state index is -0.560. The number of hydrogen-bond donors (Lipinski definition) is 2. The van der Waals surface area contributed by atoms with Gasteiger partial charge in [0.25, 0.3) is 0 Å². The number of hydrogen-bond acceptors (Lipinski definition) is 4. The van der Waals surface area contributed by atoms with Crippen LogP contribution in [-0.2, 0) is 9.47 Å². The molecule has 2 fully saturated rings. The molecule has 0 bridgehead atoms. The lowest BCUT2D eigenvalue weighted by atomic mass is 10.5. The molecule has 13 heavy (non-hydrogen) atoms. The molecule has 2 heterocycles. The zero-order valence-corrected chi connectivity index (χ0v) is 8.56. The summed E-state index contributed by atoms with van der Waals surface area (Å²) in [6.07, 6.45) is 0.606. The Kier molecular flexibility index (Phi) is 7.17. The van der Waals surface area contributed by atoms with Crippen molar-refractivity contribution in [1.82, 2.24) is 0 Å². The van der Waals surface area contributed by atoms with E-state index >= 15 is 0 Å². The molecule has 1 unspecified atom stereocenters. The van der Waals surface area contributed by atoms with Crippen LogP contribution in [-0.4, -0.2) is 48.3 Å². The van der Waals surface area contributed by atoms with E-state index < -0.39 is 6.10 Å². The summed E-state index contributed by atoms with van der Waals surface area (Å²) in [6, 6.07) is 0. The predicted octanol–water partition coefficient (Wildman–Crippen LogP) is 0.170. The van der Waals surface area contributed by atoms with Gasteiger partial charge >= 0.3 is 0 Å². The van der Waals surface area contributed by atoms with Crippen molar-refractivity contribution in [3.63, 3.8) is 0 Å². The minimum absolute atomic E-state index is 0.139. The Bertz CT molecular complexity index is 98.2. The normalized spacial score (nSPS) is 30.2. The number of ether oxygens (including phenoxy) is 2. The number of aliphatic hydroxyl groups is 2. The topological polar surface area (TPSA) is 65.5 Å². The Morgan fingerprint density at radius 2 is 1.38 bits per heavy atom. The lowest BCUT2D eigenvalue weighted by molar-refractivity contribution is 0.110. The molecule has 2 rings (SSSR count). The molecule has 0 aromatic heterocycles. The first-order valence-corrected chi connectivity index (χ1v) is 4.58. The highest BCUT2D eigenvalue weighted by Crippen LogP contribution is 2.04. The Morgan fingerprint density at radius 1 is 1.23 bits per heavy atom. The van der Waals surface area contributed by atoms with Crippen LogP contribution >= 0.6 is 0 Å². The highest BCUT2D eigenvalue weighted by molar-refractivity contribution is 4.58. The van der Waals surface area contributed by atoms with Crippen molar-refractivity contribution in [2.75, 3.05) is 19.8 Å². The van der Waals surface area contributed by atoms with Crippen LogP contribution in [0.2, 0.25) is 0 Å². The van der Waals surface area contributed by atoms with E-state index in [0.29, 0.717) is 12.2 Å². The molecular weight excluding hydrogens is 172 g/mol. The molecule has 80 valence electrons. The molecule has 4 nitrogen and oxygen atoms in total. The van der Waals surface area contributed by atoms with E-state index in [1.54, 1.807) is 0 Å². The van der Waals surface area contributed by atoms with Crippen LogP contribution in [0.25, 0.3) is 0 Å². The molecule has 2 aliphatic heterocycles. The van der Waals surface area contributed by atoms with Crippen molar-refractivity contribution in [2.24, 2.45) is 0 Å². The highest BCUT2D eigenvalue weighted by Gasteiger charge is 2.13. The summed E-state index contributed by atoms with van der Waals surface area (Å²) in [5.74, 6) is 0. The number of epoxide rings is 2. The first-order chi connectivity index (χ1) is 6.06. The summed E-state index contributed by atoms with van der Waals surface area (Å²) in [7, 11) is 0. The Morgan fingerprint density at radius 3 is 1.38 bits per heavy atom. The van der Waals surface area contributed by atoms with Crippen LogP contribution < -0.4 is 0 Å². The van der Waals surface area contributed by atoms with E-state index in [1.807, 2.05) is 0 Å². The first-order valence-electron chi connectivity index (χ1n) is 4.58. The van der Waals surface area contributed by atoms with Gasteiger partial charge in [-0.25, -0.2) is 0 Å². The third-order valence-corrected chi connectivity index (χ3v) is 1.26. The SMILES string of the molecule is CC1CO1.C[C@@H]1CO1.C[C@H](O)CO. The summed E-state index contributed by atoms with van der Waals surface area (Å²) in [4.78, 5) is 0. The molecule has 0 saturated carbocycles. The minimum Gasteiger partial charge on any atom is -0.394 e. The molecule has 4 heteroatoms. The molecular formula is C9H20O4. The Labute approximate surface area is 79.5 Å². The van der Waals surface area contributed by atoms with Gasteiger partial charge in [0.1, 0.15) is 0 Å². The maximum atomic E-state index is 8.11. The molecule has 0 aliphatic carbocycles. The van der Waals surface area contributed by atoms with E-state index in [4.69, 9.17) is 19.7 Å². The third-order valence-electron chi connectivity index (χ3n) is 1.26. The zero-order valence-electron chi connectivity index (χ0n) is 8.56. The second-order valence-corrected chi connectivity index (χ2v) is 3.32. The fourth-order valence-corrected chi connectivity index (χ4v) is 0.192. The molecule has 2 aliphatic rings. The van der Waals surface area contributed by atoms with Gasteiger partial charge in [-0.1, -0.05) is 0 Å². The fraction of sp³-hybridized carbons (Fsp3) is 1.00. The third kappa shape index (κ3) is 18.7. The van der Waals surface area contributed by atoms with Crippen LogP contribution in [0, 0.1) is 0 Å². The maximum absolute atomic E-state index is 8.11. The van der Waals surface area contributed by atoms with E-state index in [9.17, 15) is 0 Å². The average molecular weight is 192 g/mol. The van der Waals surface area contributed by atoms with Crippen molar-refractivity contribution in [3.8, 4) is 0 Å². The Balaban J connectivity index is 0.000000167. The predicted molar refractivity (Wildman–Crippen MR) is 49.6 cm³/mol. The van der Waals surface area contributed by atoms with Crippen LogP contribution in [0.4, 0.5) is 0 Å². The molecule has 2 N–H and O–H groups in total. The van der Waals surface area contributed by atoms with E-state index in [0.717, 1.165) is 13.2 Å². The Hall–Kier alpha value is -0.160. The molecule has 0 amide bonds. The molecule has 0 aromatic carbocycles. The van der Waals surface area contributed by atoms with Gasteiger partial charge in [0.2, 0.25) is 0 Å². The molecule has 0 aromatic rings. The lowest BCUT2D eigenvalue weighted by Gasteiger charge is -1.90. The summed E-state index contributed by atoms with van der Waals surface area (Å²) in [5, 5.41) is 16.0. The van der Waals surface area contributed by atoms with Crippen LogP contribution in [0.5, 0.6) is 0 Å². The summed E-state index contributed by atoms with van der Waals surface area (Å²) in [6.45, 7) is 7.47. The maximum Gasteiger partial charge on any atom is 0.0781 e. The summed E-state index contributed by atoms with van der Waals surface area (Å²) in [5.41, 5.74) is 0. The number of aliphatic hydroxyl groups excluding tert-OH is 2. The van der Waals surface area contributed by atoms with Crippen molar-refractivity contribution in [1.29, 1.82) is 0 Å². The summed E-state index contributed by atoms with van der Waals surface area (Å²) < 4.78 is 9.42. The molecule has 0 spiro atoms. The van der Waals surface area contributed by atoms with Crippen molar-refractivity contribution >= 4 is 0 Å². The van der Waals surface area contributed by atoms with E-state index in [2.05, 4.69) is 13.8 Å². The van der Waals surface area contributed by atoms with Gasteiger partial charge in [0.05, 0.1) is 38.1 Å². The second kappa shape index (κ2) is 7.26. The van der Waals surface area contributed by atoms with Gasteiger partial charge in [-0.2, -0.15) is 0 Å². The van der Waals surface area contributed by atoms with Crippen molar-refractivity contribution in [2.45, 2.75) is 39.1 Å². The van der Waals surface area contributed by atoms with E-state index in [1.165, 1.54) is 6.92 Å². The largest absolute Gasteiger partial charge is 0.394 e. The molecule has 3 atom stereocenters. The van der Waals surface area contributed by atoms with Gasteiger partial charge in [-0.3, -0.25) is 0 Å². The van der Waals surface area contributed by atoms with Crippen LogP contribution in [0.1, 0.15) is 20.8 Å². The summed E-state index contributed by atoms with van der Waals surface area (Å²) >= 11 is 0. The van der Waals surface area contributed by atoms with Gasteiger partial charge in [-0.05, 0) is 20.8 Å². The quantitative estimate of drug-likeness (QED) is 0.581. The lowest BCUT2D eigenvalue weighted by Crippen LogP contribution is -2.03. The first kappa shape index (κ1) is 12.8. The molecule has 0 radical (unpaired) electrons. The van der Waals surface area contributed by atoms with E-state index in [-0.39, 0.29) is 6.61 Å². The second-order valence-electron chi connectivity index (χ2n) is 3.32. The average Bonchev–Trinajstić information content (AvgIpc) is 2.94. The number of rotatable bonds is 1. The van der Waals surface area contributed by atoms with Gasteiger partial charge < -0.3 is 19.7 Å². The van der Waals surface area contributed by atoms with Crippen LogP contribution in [0.15, 0.2) is 0 Å². The highest BCUT2D eigenvalue weighted by atomic mass is 16.6. The van der Waals surface area contributed by atoms with Gasteiger partial charge in [-0.15, -0.1) is 0 Å². The van der Waals surface area contributed by atoms with Gasteiger partial charge in [0, 0.05) is 0 Å². The van der Waals surface area contributed by atoms with Crippen molar-refractivity contribution in [3.05, 3.63) is 0 Å².